The molecule has 0 bridgehead atoms. The van der Waals surface area contributed by atoms with E-state index in [1.54, 1.807) is 14.0 Å². The minimum atomic E-state index is -3.07. The second kappa shape index (κ2) is 7.76. The van der Waals surface area contributed by atoms with Gasteiger partial charge in [-0.25, -0.2) is 8.42 Å². The average molecular weight is 251 g/mol. The molecule has 96 valence electrons. The molecule has 0 radical (unpaired) electrons. The molecule has 0 saturated heterocycles. The first kappa shape index (κ1) is 15.5. The van der Waals surface area contributed by atoms with E-state index in [1.807, 2.05) is 0 Å². The summed E-state index contributed by atoms with van der Waals surface area (Å²) in [5.74, 6) is -0.215. The van der Waals surface area contributed by atoms with Crippen LogP contribution in [0.2, 0.25) is 0 Å². The summed E-state index contributed by atoms with van der Waals surface area (Å²) in [5.41, 5.74) is 5.63. The summed E-state index contributed by atoms with van der Waals surface area (Å²) in [4.78, 5) is 11.5. The predicted molar refractivity (Wildman–Crippen MR) is 63.0 cm³/mol. The molecule has 0 fully saturated rings. The van der Waals surface area contributed by atoms with Crippen molar-refractivity contribution in [2.24, 2.45) is 5.73 Å². The van der Waals surface area contributed by atoms with Gasteiger partial charge in [0, 0.05) is 25.9 Å². The highest BCUT2D eigenvalue weighted by atomic mass is 32.2. The summed E-state index contributed by atoms with van der Waals surface area (Å²) in [7, 11) is -1.49. The zero-order valence-corrected chi connectivity index (χ0v) is 10.8. The number of methoxy groups -OCH3 is 1. The van der Waals surface area contributed by atoms with E-state index in [0.717, 1.165) is 0 Å². The lowest BCUT2D eigenvalue weighted by Crippen LogP contribution is -2.32. The third-order valence-corrected chi connectivity index (χ3v) is 4.08. The lowest BCUT2D eigenvalue weighted by molar-refractivity contribution is -0.120. The maximum atomic E-state index is 11.5. The molecule has 1 atom stereocenters. The van der Waals surface area contributed by atoms with Crippen molar-refractivity contribution in [3.63, 3.8) is 0 Å². The Balaban J connectivity index is 3.88. The van der Waals surface area contributed by atoms with Crippen LogP contribution in [-0.2, 0) is 19.4 Å². The van der Waals surface area contributed by atoms with Crippen LogP contribution in [0, 0.1) is 0 Å². The van der Waals surface area contributed by atoms with Gasteiger partial charge in [0.2, 0.25) is 0 Å². The summed E-state index contributed by atoms with van der Waals surface area (Å²) in [6.45, 7) is 2.13. The maximum Gasteiger partial charge on any atom is 0.150 e. The largest absolute Gasteiger partial charge is 0.385 e. The Hall–Kier alpha value is -0.460. The van der Waals surface area contributed by atoms with Crippen LogP contribution < -0.4 is 5.73 Å². The molecule has 0 heterocycles. The number of sulfone groups is 1. The standard InChI is InChI=1S/C10H21NO4S/c1-3-16(13,14)8-6-10(12)9(11)5-4-7-15-2/h9H,3-8,11H2,1-2H3. The average Bonchev–Trinajstić information content (AvgIpc) is 2.26. The number of carbonyl (C=O) groups excluding carboxylic acids is 1. The number of hydrogen-bond donors (Lipinski definition) is 1. The van der Waals surface area contributed by atoms with Gasteiger partial charge in [0.1, 0.15) is 9.84 Å². The molecule has 0 aromatic heterocycles. The third-order valence-electron chi connectivity index (χ3n) is 2.38. The first-order valence-electron chi connectivity index (χ1n) is 5.40. The van der Waals surface area contributed by atoms with Crippen LogP contribution in [0.3, 0.4) is 0 Å². The van der Waals surface area contributed by atoms with Gasteiger partial charge in [0.05, 0.1) is 11.8 Å². The van der Waals surface area contributed by atoms with E-state index in [1.165, 1.54) is 0 Å². The number of ketones is 1. The Morgan fingerprint density at radius 2 is 2.06 bits per heavy atom. The molecular formula is C10H21NO4S. The third kappa shape index (κ3) is 6.92. The van der Waals surface area contributed by atoms with Gasteiger partial charge in [-0.1, -0.05) is 6.92 Å². The number of ether oxygens (including phenoxy) is 1. The highest BCUT2D eigenvalue weighted by Gasteiger charge is 2.16. The van der Waals surface area contributed by atoms with Gasteiger partial charge in [0.25, 0.3) is 0 Å². The van der Waals surface area contributed by atoms with Crippen molar-refractivity contribution in [1.82, 2.24) is 0 Å². The zero-order valence-electron chi connectivity index (χ0n) is 9.94. The minimum Gasteiger partial charge on any atom is -0.385 e. The van der Waals surface area contributed by atoms with E-state index in [-0.39, 0.29) is 23.7 Å². The van der Waals surface area contributed by atoms with Crippen LogP contribution in [0.25, 0.3) is 0 Å². The number of nitrogens with two attached hydrogens (primary N) is 1. The Labute approximate surface area is 97.3 Å². The van der Waals surface area contributed by atoms with E-state index < -0.39 is 15.9 Å². The quantitative estimate of drug-likeness (QED) is 0.589. The summed E-state index contributed by atoms with van der Waals surface area (Å²) in [6, 6.07) is -0.567. The van der Waals surface area contributed by atoms with E-state index >= 15 is 0 Å². The zero-order chi connectivity index (χ0) is 12.6. The van der Waals surface area contributed by atoms with Crippen LogP contribution >= 0.6 is 0 Å². The van der Waals surface area contributed by atoms with E-state index in [2.05, 4.69) is 0 Å². The number of carbonyl (C=O) groups is 1. The second-order valence-corrected chi connectivity index (χ2v) is 6.17. The molecule has 6 heteroatoms. The Morgan fingerprint density at radius 1 is 1.44 bits per heavy atom. The van der Waals surface area contributed by atoms with Crippen molar-refractivity contribution in [3.05, 3.63) is 0 Å². The van der Waals surface area contributed by atoms with E-state index in [9.17, 15) is 13.2 Å². The van der Waals surface area contributed by atoms with E-state index in [0.29, 0.717) is 19.4 Å². The molecule has 0 spiro atoms. The molecule has 0 aliphatic rings. The Morgan fingerprint density at radius 3 is 2.56 bits per heavy atom. The van der Waals surface area contributed by atoms with Crippen LogP contribution in [-0.4, -0.2) is 45.5 Å². The van der Waals surface area contributed by atoms with Crippen LogP contribution in [0.1, 0.15) is 26.2 Å². The Bertz CT molecular complexity index is 300. The fourth-order valence-electron chi connectivity index (χ4n) is 1.19. The van der Waals surface area contributed by atoms with Crippen molar-refractivity contribution in [2.75, 3.05) is 25.2 Å². The van der Waals surface area contributed by atoms with Gasteiger partial charge < -0.3 is 10.5 Å². The molecule has 5 nitrogen and oxygen atoms in total. The van der Waals surface area contributed by atoms with Crippen molar-refractivity contribution >= 4 is 15.6 Å². The summed E-state index contributed by atoms with van der Waals surface area (Å²) < 4.78 is 27.2. The molecule has 0 aromatic rings. The highest BCUT2D eigenvalue weighted by Crippen LogP contribution is 2.02. The molecular weight excluding hydrogens is 230 g/mol. The smallest absolute Gasteiger partial charge is 0.150 e. The summed E-state index contributed by atoms with van der Waals surface area (Å²) in [5, 5.41) is 0. The molecule has 2 N–H and O–H groups in total. The van der Waals surface area contributed by atoms with Gasteiger partial charge >= 0.3 is 0 Å². The van der Waals surface area contributed by atoms with Gasteiger partial charge in [-0.3, -0.25) is 4.79 Å². The van der Waals surface area contributed by atoms with Gasteiger partial charge in [-0.05, 0) is 12.8 Å². The fraction of sp³-hybridized carbons (Fsp3) is 0.900. The maximum absolute atomic E-state index is 11.5. The molecule has 0 aliphatic carbocycles. The minimum absolute atomic E-state index is 0.0182. The first-order chi connectivity index (χ1) is 7.43. The van der Waals surface area contributed by atoms with Crippen LogP contribution in [0.4, 0.5) is 0 Å². The lowest BCUT2D eigenvalue weighted by atomic mass is 10.1. The number of hydrogen-bond acceptors (Lipinski definition) is 5. The van der Waals surface area contributed by atoms with E-state index in [4.69, 9.17) is 10.5 Å². The van der Waals surface area contributed by atoms with Crippen LogP contribution in [0.5, 0.6) is 0 Å². The van der Waals surface area contributed by atoms with Gasteiger partial charge in [-0.15, -0.1) is 0 Å². The molecule has 0 aliphatic heterocycles. The molecule has 1 unspecified atom stereocenters. The van der Waals surface area contributed by atoms with Crippen molar-refractivity contribution in [1.29, 1.82) is 0 Å². The van der Waals surface area contributed by atoms with Crippen molar-refractivity contribution in [2.45, 2.75) is 32.2 Å². The number of Topliss-reactive ketones (excluding diaryl/α,β-unsaturated/α-hetero) is 1. The normalized spacial score (nSPS) is 13.7. The molecule has 0 saturated carbocycles. The van der Waals surface area contributed by atoms with Crippen molar-refractivity contribution < 1.29 is 17.9 Å². The lowest BCUT2D eigenvalue weighted by Gasteiger charge is -2.09. The highest BCUT2D eigenvalue weighted by molar-refractivity contribution is 7.91. The Kier molecular flexibility index (Phi) is 7.53. The molecule has 0 rings (SSSR count). The molecule has 0 aromatic carbocycles. The molecule has 0 amide bonds. The van der Waals surface area contributed by atoms with Gasteiger partial charge in [-0.2, -0.15) is 0 Å². The summed E-state index contributed by atoms with van der Waals surface area (Å²) >= 11 is 0. The molecule has 16 heavy (non-hydrogen) atoms. The van der Waals surface area contributed by atoms with Crippen LogP contribution in [0.15, 0.2) is 0 Å². The summed E-state index contributed by atoms with van der Waals surface area (Å²) in [6.07, 6.45) is 1.27. The first-order valence-corrected chi connectivity index (χ1v) is 7.22. The second-order valence-electron chi connectivity index (χ2n) is 3.69. The number of rotatable bonds is 9. The van der Waals surface area contributed by atoms with Gasteiger partial charge in [0.15, 0.2) is 5.78 Å². The predicted octanol–water partition coefficient (Wildman–Crippen LogP) is 0.134. The van der Waals surface area contributed by atoms with Crippen molar-refractivity contribution in [3.8, 4) is 0 Å². The topological polar surface area (TPSA) is 86.5 Å². The monoisotopic (exact) mass is 251 g/mol. The fourth-order valence-corrected chi connectivity index (χ4v) is 2.00. The SMILES string of the molecule is CCS(=O)(=O)CCC(=O)C(N)CCCOC.